The van der Waals surface area contributed by atoms with Crippen molar-refractivity contribution >= 4 is 11.9 Å². The van der Waals surface area contributed by atoms with Gasteiger partial charge in [-0.25, -0.2) is 28.1 Å². The molecule has 4 rings (SSSR count). The number of rotatable bonds is 4. The van der Waals surface area contributed by atoms with Crippen LogP contribution < -0.4 is 5.73 Å². The third kappa shape index (κ3) is 3.18. The Hall–Kier alpha value is -3.89. The van der Waals surface area contributed by atoms with Gasteiger partial charge in [-0.15, -0.1) is 0 Å². The number of aromatic nitrogens is 3. The van der Waals surface area contributed by atoms with Crippen LogP contribution in [0, 0.1) is 17.7 Å². The molecule has 0 fully saturated rings. The van der Waals surface area contributed by atoms with E-state index >= 15 is 4.39 Å². The van der Waals surface area contributed by atoms with E-state index < -0.39 is 35.8 Å². The number of nitrogens with two attached hydrogens (primary N) is 1. The molecule has 0 saturated heterocycles. The van der Waals surface area contributed by atoms with Gasteiger partial charge in [-0.1, -0.05) is 0 Å². The van der Waals surface area contributed by atoms with Crippen molar-refractivity contribution < 1.29 is 22.4 Å². The minimum absolute atomic E-state index is 0.0114. The van der Waals surface area contributed by atoms with Gasteiger partial charge in [-0.2, -0.15) is 4.39 Å². The average Bonchev–Trinajstić information content (AvgIpc) is 2.99. The predicted octanol–water partition coefficient (Wildman–Crippen LogP) is 2.46. The molecule has 1 aliphatic rings. The molecule has 0 spiro atoms. The van der Waals surface area contributed by atoms with Crippen molar-refractivity contribution in [2.75, 3.05) is 7.05 Å². The molecular formula is C20H14F4N6O. The highest BCUT2D eigenvalue weighted by Gasteiger charge is 2.51. The number of likely N-dealkylation sites (N-methyl/N-ethyl adjacent to an activating group) is 1. The highest BCUT2D eigenvalue weighted by molar-refractivity contribution is 6.09. The molecule has 158 valence electrons. The van der Waals surface area contributed by atoms with E-state index in [1.807, 2.05) is 0 Å². The van der Waals surface area contributed by atoms with Crippen LogP contribution >= 0.6 is 0 Å². The summed E-state index contributed by atoms with van der Waals surface area (Å²) in [5, 5.41) is 0. The zero-order valence-electron chi connectivity index (χ0n) is 16.0. The second kappa shape index (κ2) is 7.42. The van der Waals surface area contributed by atoms with E-state index in [1.54, 1.807) is 0 Å². The van der Waals surface area contributed by atoms with Crippen LogP contribution in [0.4, 0.5) is 17.6 Å². The molecule has 0 bridgehead atoms. The Morgan fingerprint density at radius 3 is 2.39 bits per heavy atom. The van der Waals surface area contributed by atoms with E-state index in [2.05, 4.69) is 19.9 Å². The van der Waals surface area contributed by atoms with Crippen LogP contribution in [-0.4, -0.2) is 38.8 Å². The van der Waals surface area contributed by atoms with Gasteiger partial charge in [0.2, 0.25) is 0 Å². The Morgan fingerprint density at radius 2 is 1.77 bits per heavy atom. The molecule has 0 saturated carbocycles. The number of pyridine rings is 1. The first kappa shape index (κ1) is 20.4. The van der Waals surface area contributed by atoms with Crippen LogP contribution in [0.1, 0.15) is 16.8 Å². The summed E-state index contributed by atoms with van der Waals surface area (Å²) in [7, 11) is 1.34. The van der Waals surface area contributed by atoms with Gasteiger partial charge in [-0.05, 0) is 23.8 Å². The summed E-state index contributed by atoms with van der Waals surface area (Å²) in [5.41, 5.74) is 3.41. The molecule has 1 atom stereocenters. The molecule has 1 unspecified atom stereocenters. The van der Waals surface area contributed by atoms with Crippen molar-refractivity contribution in [2.45, 2.75) is 12.2 Å². The highest BCUT2D eigenvalue weighted by atomic mass is 19.1. The van der Waals surface area contributed by atoms with E-state index in [-0.39, 0.29) is 33.9 Å². The standard InChI is InChI=1S/C20H14F4N6O/c1-30-17(31)20(29-19(30)25,11-2-3-26-12(4-11)7-21)14-5-13(15(22)6-16(14)23)10-8-27-18(24)28-9-10/h2-6,8-9H,7H2,1H3,(H2,25,29). The average molecular weight is 430 g/mol. The lowest BCUT2D eigenvalue weighted by molar-refractivity contribution is -0.129. The normalized spacial score (nSPS) is 18.4. The van der Waals surface area contributed by atoms with E-state index in [4.69, 9.17) is 5.73 Å². The zero-order valence-corrected chi connectivity index (χ0v) is 16.0. The number of benzene rings is 1. The van der Waals surface area contributed by atoms with Gasteiger partial charge >= 0.3 is 6.08 Å². The number of carbonyl (C=O) groups excluding carboxylic acids is 1. The smallest absolute Gasteiger partial charge is 0.308 e. The van der Waals surface area contributed by atoms with Crippen molar-refractivity contribution in [3.8, 4) is 11.1 Å². The first-order chi connectivity index (χ1) is 14.8. The topological polar surface area (TPSA) is 97.4 Å². The number of aliphatic imine (C=N–C) groups is 1. The SMILES string of the molecule is CN1C(=O)C(c2ccnc(CF)c2)(c2cc(-c3cnc(F)nc3)c(F)cc2F)N=C1N. The quantitative estimate of drug-likeness (QED) is 0.507. The molecule has 11 heteroatoms. The third-order valence-corrected chi connectivity index (χ3v) is 4.99. The number of carbonyl (C=O) groups is 1. The third-order valence-electron chi connectivity index (χ3n) is 4.99. The number of guanidine groups is 1. The van der Waals surface area contributed by atoms with Gasteiger partial charge in [0.25, 0.3) is 5.91 Å². The van der Waals surface area contributed by atoms with Gasteiger partial charge in [0.15, 0.2) is 11.5 Å². The predicted molar refractivity (Wildman–Crippen MR) is 102 cm³/mol. The van der Waals surface area contributed by atoms with Crippen LogP contribution in [0.5, 0.6) is 0 Å². The van der Waals surface area contributed by atoms with E-state index in [1.165, 1.54) is 25.4 Å². The van der Waals surface area contributed by atoms with Gasteiger partial charge in [0, 0.05) is 48.4 Å². The Morgan fingerprint density at radius 1 is 1.06 bits per heavy atom. The molecule has 2 aromatic heterocycles. The Bertz CT molecular complexity index is 1220. The minimum Gasteiger partial charge on any atom is -0.369 e. The van der Waals surface area contributed by atoms with E-state index in [0.717, 1.165) is 23.4 Å². The van der Waals surface area contributed by atoms with Crippen molar-refractivity contribution in [3.63, 3.8) is 0 Å². The number of alkyl halides is 1. The second-order valence-electron chi connectivity index (χ2n) is 6.77. The Kier molecular flexibility index (Phi) is 4.88. The second-order valence-corrected chi connectivity index (χ2v) is 6.77. The molecule has 1 amide bonds. The van der Waals surface area contributed by atoms with Crippen LogP contribution in [-0.2, 0) is 17.0 Å². The fraction of sp³-hybridized carbons (Fsp3) is 0.150. The molecule has 0 radical (unpaired) electrons. The zero-order chi connectivity index (χ0) is 22.3. The molecule has 31 heavy (non-hydrogen) atoms. The van der Waals surface area contributed by atoms with E-state index in [0.29, 0.717) is 6.07 Å². The summed E-state index contributed by atoms with van der Waals surface area (Å²) < 4.78 is 56.0. The number of nitrogens with zero attached hydrogens (tertiary/aromatic N) is 5. The molecule has 0 aliphatic carbocycles. The molecule has 2 N–H and O–H groups in total. The summed E-state index contributed by atoms with van der Waals surface area (Å²) >= 11 is 0. The number of halogens is 4. The van der Waals surface area contributed by atoms with Crippen molar-refractivity contribution in [2.24, 2.45) is 10.7 Å². The first-order valence-electron chi connectivity index (χ1n) is 8.90. The fourth-order valence-electron chi connectivity index (χ4n) is 3.44. The minimum atomic E-state index is -2.04. The summed E-state index contributed by atoms with van der Waals surface area (Å²) in [6.07, 6.45) is 2.26. The lowest BCUT2D eigenvalue weighted by Crippen LogP contribution is -2.41. The monoisotopic (exact) mass is 430 g/mol. The Balaban J connectivity index is 2.02. The summed E-state index contributed by atoms with van der Waals surface area (Å²) in [5.74, 6) is -3.00. The van der Waals surface area contributed by atoms with Gasteiger partial charge < -0.3 is 5.73 Å². The molecule has 1 aromatic carbocycles. The van der Waals surface area contributed by atoms with Crippen LogP contribution in [0.25, 0.3) is 11.1 Å². The lowest BCUT2D eigenvalue weighted by Gasteiger charge is -2.27. The molecule has 3 heterocycles. The van der Waals surface area contributed by atoms with E-state index in [9.17, 15) is 18.0 Å². The summed E-state index contributed by atoms with van der Waals surface area (Å²) in [6, 6.07) is 4.27. The number of hydrogen-bond donors (Lipinski definition) is 1. The van der Waals surface area contributed by atoms with Gasteiger partial charge in [0.1, 0.15) is 18.3 Å². The molecule has 7 nitrogen and oxygen atoms in total. The van der Waals surface area contributed by atoms with Gasteiger partial charge in [0.05, 0.1) is 5.69 Å². The molecule has 1 aliphatic heterocycles. The maximum Gasteiger partial charge on any atom is 0.308 e. The van der Waals surface area contributed by atoms with Crippen molar-refractivity contribution in [1.29, 1.82) is 0 Å². The fourth-order valence-corrected chi connectivity index (χ4v) is 3.44. The Labute approximate surface area is 173 Å². The van der Waals surface area contributed by atoms with Crippen molar-refractivity contribution in [1.82, 2.24) is 19.9 Å². The summed E-state index contributed by atoms with van der Waals surface area (Å²) in [6.45, 7) is -0.933. The summed E-state index contributed by atoms with van der Waals surface area (Å²) in [4.78, 5) is 29.1. The number of hydrogen-bond acceptors (Lipinski definition) is 6. The van der Waals surface area contributed by atoms with Crippen LogP contribution in [0.2, 0.25) is 0 Å². The molecule has 3 aromatic rings. The maximum atomic E-state index is 15.1. The maximum absolute atomic E-state index is 15.1. The largest absolute Gasteiger partial charge is 0.369 e. The number of amides is 1. The molecular weight excluding hydrogens is 416 g/mol. The van der Waals surface area contributed by atoms with Gasteiger partial charge in [-0.3, -0.25) is 14.7 Å². The van der Waals surface area contributed by atoms with Crippen LogP contribution in [0.3, 0.4) is 0 Å². The first-order valence-corrected chi connectivity index (χ1v) is 8.90. The lowest BCUT2D eigenvalue weighted by atomic mass is 9.81. The van der Waals surface area contributed by atoms with Crippen molar-refractivity contribution in [3.05, 3.63) is 77.4 Å². The highest BCUT2D eigenvalue weighted by Crippen LogP contribution is 2.42. The van der Waals surface area contributed by atoms with Crippen LogP contribution in [0.15, 0.2) is 47.8 Å².